The topological polar surface area (TPSA) is 85.9 Å². The molecule has 0 aliphatic heterocycles. The Morgan fingerprint density at radius 3 is 2.57 bits per heavy atom. The van der Waals surface area contributed by atoms with Crippen molar-refractivity contribution in [1.82, 2.24) is 28.9 Å². The number of hydrogen-bond acceptors (Lipinski definition) is 6. The maximum Gasteiger partial charge on any atom is 0.427 e. The number of nitrogens with zero attached hydrogens (tertiary/aromatic N) is 6. The van der Waals surface area contributed by atoms with Gasteiger partial charge in [0.1, 0.15) is 10.7 Å². The van der Waals surface area contributed by atoms with Gasteiger partial charge in [-0.25, -0.2) is 22.6 Å². The molecule has 6 rings (SSSR count). The Morgan fingerprint density at radius 1 is 1.19 bits per heavy atom. The molecule has 0 spiro atoms. The number of carbonyl (C=O) groups is 1. The van der Waals surface area contributed by atoms with Crippen molar-refractivity contribution < 1.29 is 26.6 Å². The van der Waals surface area contributed by atoms with Crippen LogP contribution in [0.15, 0.2) is 59.5 Å². The monoisotopic (exact) mass is 618 g/mol. The predicted octanol–water partition coefficient (Wildman–Crippen LogP) is 5.20. The van der Waals surface area contributed by atoms with E-state index in [1.807, 2.05) is 6.08 Å². The highest BCUT2D eigenvalue weighted by molar-refractivity contribution is 7.98. The fraction of sp³-hybridized carbons (Fsp3) is 0.321. The van der Waals surface area contributed by atoms with Gasteiger partial charge in [-0.2, -0.15) is 23.4 Å². The molecule has 0 saturated heterocycles. The molecule has 3 aromatic heterocycles. The predicted molar refractivity (Wildman–Crippen MR) is 151 cm³/mol. The van der Waals surface area contributed by atoms with Crippen LogP contribution in [0.4, 0.5) is 17.6 Å². The van der Waals surface area contributed by atoms with Gasteiger partial charge in [0.05, 0.1) is 50.0 Å². The molecule has 3 atom stereocenters. The summed E-state index contributed by atoms with van der Waals surface area (Å²) in [6.45, 7) is 0. The van der Waals surface area contributed by atoms with Crippen molar-refractivity contribution in [3.63, 3.8) is 0 Å². The minimum Gasteiger partial charge on any atom is -0.290 e. The van der Waals surface area contributed by atoms with Crippen LogP contribution in [-0.2, 0) is 29.4 Å². The van der Waals surface area contributed by atoms with Gasteiger partial charge in [0.2, 0.25) is 5.78 Å². The molecule has 220 valence electrons. The number of alkyl halides is 3. The van der Waals surface area contributed by atoms with Gasteiger partial charge in [-0.1, -0.05) is 5.57 Å². The molecule has 0 amide bonds. The Morgan fingerprint density at radius 2 is 1.93 bits per heavy atom. The van der Waals surface area contributed by atoms with E-state index in [0.29, 0.717) is 41.0 Å². The molecule has 1 aromatic carbocycles. The molecule has 1 unspecified atom stereocenters. The first-order chi connectivity index (χ1) is 19.8. The molecule has 14 heteroatoms. The second-order valence-corrected chi connectivity index (χ2v) is 14.0. The second-order valence-electron chi connectivity index (χ2n) is 10.7. The Bertz CT molecular complexity index is 1820. The summed E-state index contributed by atoms with van der Waals surface area (Å²) in [5.41, 5.74) is 1.58. The fourth-order valence-corrected chi connectivity index (χ4v) is 8.21. The lowest BCUT2D eigenvalue weighted by molar-refractivity contribution is -0.134. The zero-order valence-corrected chi connectivity index (χ0v) is 24.3. The van der Waals surface area contributed by atoms with Crippen molar-refractivity contribution in [3.05, 3.63) is 81.6 Å². The first-order valence-corrected chi connectivity index (χ1v) is 15.5. The van der Waals surface area contributed by atoms with Crippen molar-refractivity contribution in [2.45, 2.75) is 42.8 Å². The van der Waals surface area contributed by atoms with Crippen molar-refractivity contribution in [2.24, 2.45) is 12.5 Å². The van der Waals surface area contributed by atoms with E-state index in [2.05, 4.69) is 21.1 Å². The maximum atomic E-state index is 14.3. The molecular formula is C28H26F4N6O2S2. The number of halogens is 4. The number of aryl methyl sites for hydroxylation is 1. The molecule has 0 N–H and O–H groups in total. The van der Waals surface area contributed by atoms with Gasteiger partial charge in [0.25, 0.3) is 0 Å². The Labute approximate surface area is 243 Å². The molecule has 2 aliphatic carbocycles. The van der Waals surface area contributed by atoms with Crippen LogP contribution in [0.3, 0.4) is 0 Å². The lowest BCUT2D eigenvalue weighted by atomic mass is 9.61. The minimum atomic E-state index is -4.62. The van der Waals surface area contributed by atoms with Crippen LogP contribution in [-0.4, -0.2) is 57.8 Å². The summed E-state index contributed by atoms with van der Waals surface area (Å²) in [7, 11) is 0.420. The number of Topliss-reactive ketones (excluding diaryl/α,β-unsaturated/α-hetero) is 1. The van der Waals surface area contributed by atoms with E-state index in [4.69, 9.17) is 0 Å². The van der Waals surface area contributed by atoms with Crippen LogP contribution in [0.2, 0.25) is 0 Å². The van der Waals surface area contributed by atoms with Crippen LogP contribution < -0.4 is 0 Å². The standard InChI is InChI=1S/C28H26F4N6O2S2/c1-36-16-22(14-34-36)42(3,40)37(2)21-7-4-18-10-23-17(13-35-38(23)20-8-5-19(29)6-9-20)11-27(18,12-21)25(39)26-33-15-24(41-26)28(30,31)32/h5-6,8-10,13-16,21H,3-4,7,11-12H2,1-2H3/t21-,27-,42?/m0/s1. The van der Waals surface area contributed by atoms with E-state index in [9.17, 15) is 26.6 Å². The molecule has 8 nitrogen and oxygen atoms in total. The molecule has 0 radical (unpaired) electrons. The van der Waals surface area contributed by atoms with Gasteiger partial charge >= 0.3 is 6.18 Å². The number of thiazole rings is 1. The van der Waals surface area contributed by atoms with Gasteiger partial charge < -0.3 is 0 Å². The number of allylic oxidation sites excluding steroid dienone is 1. The summed E-state index contributed by atoms with van der Waals surface area (Å²) in [4.78, 5) is 17.7. The Kier molecular flexibility index (Phi) is 6.78. The smallest absolute Gasteiger partial charge is 0.290 e. The van der Waals surface area contributed by atoms with Crippen LogP contribution in [0, 0.1) is 11.2 Å². The van der Waals surface area contributed by atoms with Crippen molar-refractivity contribution >= 4 is 38.8 Å². The number of carbonyl (C=O) groups excluding carboxylic acids is 1. The molecule has 2 aliphatic rings. The zero-order valence-electron chi connectivity index (χ0n) is 22.6. The summed E-state index contributed by atoms with van der Waals surface area (Å²) >= 11 is 0.329. The number of aromatic nitrogens is 5. The lowest BCUT2D eigenvalue weighted by Gasteiger charge is -2.46. The fourth-order valence-electron chi connectivity index (χ4n) is 5.87. The van der Waals surface area contributed by atoms with Crippen molar-refractivity contribution in [3.8, 4) is 5.69 Å². The van der Waals surface area contributed by atoms with E-state index in [1.54, 1.807) is 47.6 Å². The SMILES string of the molecule is C=S(=O)(c1cnn(C)c1)N(C)[C@H]1CCC2=Cc3c(cnn3-c3ccc(F)cc3)C[C@]2(C(=O)c2ncc(C(F)(F)F)s2)C1. The number of ketones is 1. The van der Waals surface area contributed by atoms with Crippen LogP contribution in [0.25, 0.3) is 11.8 Å². The van der Waals surface area contributed by atoms with Gasteiger partial charge in [0.15, 0.2) is 5.01 Å². The average Bonchev–Trinajstić information content (AvgIpc) is 3.71. The number of fused-ring (bicyclic) bond motifs is 2. The average molecular weight is 619 g/mol. The number of rotatable bonds is 6. The largest absolute Gasteiger partial charge is 0.427 e. The quantitative estimate of drug-likeness (QED) is 0.168. The molecule has 1 saturated carbocycles. The normalized spacial score (nSPS) is 21.9. The van der Waals surface area contributed by atoms with Gasteiger partial charge in [0, 0.05) is 19.3 Å². The first-order valence-electron chi connectivity index (χ1n) is 13.0. The third-order valence-electron chi connectivity index (χ3n) is 8.15. The lowest BCUT2D eigenvalue weighted by Crippen LogP contribution is -2.49. The second kappa shape index (κ2) is 9.99. The number of benzene rings is 1. The highest BCUT2D eigenvalue weighted by Gasteiger charge is 2.51. The highest BCUT2D eigenvalue weighted by Crippen LogP contribution is 2.52. The molecule has 4 aromatic rings. The van der Waals surface area contributed by atoms with E-state index < -0.39 is 32.0 Å². The third-order valence-corrected chi connectivity index (χ3v) is 11.4. The highest BCUT2D eigenvalue weighted by atomic mass is 32.2. The van der Waals surface area contributed by atoms with Gasteiger partial charge in [-0.3, -0.25) is 9.48 Å². The summed E-state index contributed by atoms with van der Waals surface area (Å²) in [6.07, 6.45) is 4.01. The van der Waals surface area contributed by atoms with E-state index in [-0.39, 0.29) is 29.7 Å². The molecular weight excluding hydrogens is 592 g/mol. The summed E-state index contributed by atoms with van der Waals surface area (Å²) in [5, 5.41) is 8.38. The van der Waals surface area contributed by atoms with Gasteiger partial charge in [-0.15, -0.1) is 11.3 Å². The van der Waals surface area contributed by atoms with Crippen molar-refractivity contribution in [1.29, 1.82) is 0 Å². The summed E-state index contributed by atoms with van der Waals surface area (Å²) in [5.74, 6) is 3.09. The molecule has 3 heterocycles. The molecule has 1 fully saturated rings. The molecule has 42 heavy (non-hydrogen) atoms. The van der Waals surface area contributed by atoms with E-state index in [1.165, 1.54) is 23.0 Å². The zero-order chi connectivity index (χ0) is 30.0. The maximum absolute atomic E-state index is 14.3. The van der Waals surface area contributed by atoms with Crippen LogP contribution >= 0.6 is 11.3 Å². The van der Waals surface area contributed by atoms with Crippen LogP contribution in [0.5, 0.6) is 0 Å². The van der Waals surface area contributed by atoms with Gasteiger partial charge in [-0.05, 0) is 74.5 Å². The molecule has 0 bridgehead atoms. The van der Waals surface area contributed by atoms with Crippen molar-refractivity contribution in [2.75, 3.05) is 7.05 Å². The summed E-state index contributed by atoms with van der Waals surface area (Å²) < 4.78 is 72.7. The minimum absolute atomic E-state index is 0.171. The van der Waals surface area contributed by atoms with E-state index in [0.717, 1.165) is 16.8 Å². The van der Waals surface area contributed by atoms with Crippen LogP contribution in [0.1, 0.15) is 45.2 Å². The third kappa shape index (κ3) is 4.71. The Hall–Kier alpha value is -3.62. The Balaban J connectivity index is 1.42. The summed E-state index contributed by atoms with van der Waals surface area (Å²) in [6, 6.07) is 5.46. The number of hydrogen-bond donors (Lipinski definition) is 0. The van der Waals surface area contributed by atoms with E-state index >= 15 is 0 Å². The first kappa shape index (κ1) is 28.5.